The number of carbonyl (C=O) groups is 2. The number of benzene rings is 3. The maximum absolute atomic E-state index is 15.9. The smallest absolute Gasteiger partial charge is 0.413 e. The van der Waals surface area contributed by atoms with Crippen LogP contribution in [-0.2, 0) is 14.9 Å². The first-order chi connectivity index (χ1) is 19.9. The van der Waals surface area contributed by atoms with Crippen LogP contribution in [0.4, 0.5) is 20.6 Å². The first-order valence-electron chi connectivity index (χ1n) is 13.3. The Morgan fingerprint density at radius 3 is 2.67 bits per heavy atom. The van der Waals surface area contributed by atoms with E-state index in [-0.39, 0.29) is 33.3 Å². The fraction of sp³-hybridized carbons (Fsp3) is 0.323. The van der Waals surface area contributed by atoms with Crippen molar-refractivity contribution in [1.82, 2.24) is 5.32 Å². The third-order valence-electron chi connectivity index (χ3n) is 7.69. The predicted molar refractivity (Wildman–Crippen MR) is 161 cm³/mol. The van der Waals surface area contributed by atoms with Crippen LogP contribution in [0.15, 0.2) is 59.1 Å². The summed E-state index contributed by atoms with van der Waals surface area (Å²) >= 11 is 9.72. The molecule has 11 heteroatoms. The number of carbonyl (C=O) groups excluding carboxylic acids is 2. The number of fused-ring (bicyclic) bond motifs is 2. The summed E-state index contributed by atoms with van der Waals surface area (Å²) in [6.07, 6.45) is -1.49. The van der Waals surface area contributed by atoms with Crippen molar-refractivity contribution < 1.29 is 23.5 Å². The molecule has 0 unspecified atom stereocenters. The van der Waals surface area contributed by atoms with Crippen LogP contribution in [0.1, 0.15) is 49.8 Å². The standard InChI is InChI=1S/C31H29BrClFN4O4/c1-30(2,3)14-24-31(19-10-9-17(32)13-22(19)36-28(31)39)25(18-6-5-7-20(33)26(18)34)27(38-24)42-29(40)37-21-11-8-16(15-35)12-23(21)41-4/h5-13,24-25,27,38H,14H2,1-4H3,(H,36,39)(H,37,40)/t24-,25-,27+,31+/m0/s1. The lowest BCUT2D eigenvalue weighted by molar-refractivity contribution is -0.122. The summed E-state index contributed by atoms with van der Waals surface area (Å²) in [7, 11) is 1.42. The van der Waals surface area contributed by atoms with Crippen LogP contribution in [0.25, 0.3) is 0 Å². The molecule has 2 aliphatic rings. The SMILES string of the molecule is COc1cc(C#N)ccc1NC(=O)O[C@H]1N[C@@H](CC(C)(C)C)[C@@]2(C(=O)Nc3cc(Br)ccc32)[C@H]1c1cccc(Cl)c1F. The summed E-state index contributed by atoms with van der Waals surface area (Å²) < 4.78 is 27.9. The van der Waals surface area contributed by atoms with Gasteiger partial charge in [-0.3, -0.25) is 15.4 Å². The molecule has 2 amide bonds. The van der Waals surface area contributed by atoms with Gasteiger partial charge in [0, 0.05) is 22.3 Å². The minimum absolute atomic E-state index is 0.109. The topological polar surface area (TPSA) is 112 Å². The molecule has 0 bridgehead atoms. The molecule has 0 aliphatic carbocycles. The molecule has 2 aliphatic heterocycles. The van der Waals surface area contributed by atoms with E-state index in [0.717, 1.165) is 4.47 Å². The molecule has 2 heterocycles. The lowest BCUT2D eigenvalue weighted by atomic mass is 9.63. The number of hydrogen-bond acceptors (Lipinski definition) is 6. The van der Waals surface area contributed by atoms with E-state index < -0.39 is 35.5 Å². The van der Waals surface area contributed by atoms with Crippen molar-refractivity contribution in [2.24, 2.45) is 5.41 Å². The number of ether oxygens (including phenoxy) is 2. The number of nitrogens with one attached hydrogen (secondary N) is 3. The van der Waals surface area contributed by atoms with E-state index in [1.807, 2.05) is 39.0 Å². The molecule has 42 heavy (non-hydrogen) atoms. The summed E-state index contributed by atoms with van der Waals surface area (Å²) in [5.74, 6) is -1.75. The molecule has 1 saturated heterocycles. The van der Waals surface area contributed by atoms with Crippen molar-refractivity contribution in [1.29, 1.82) is 5.26 Å². The zero-order valence-corrected chi connectivity index (χ0v) is 25.7. The molecule has 0 saturated carbocycles. The number of rotatable bonds is 5. The average molecular weight is 656 g/mol. The molecule has 218 valence electrons. The molecule has 5 rings (SSSR count). The van der Waals surface area contributed by atoms with E-state index in [9.17, 15) is 14.9 Å². The van der Waals surface area contributed by atoms with E-state index in [0.29, 0.717) is 23.2 Å². The molecule has 3 N–H and O–H groups in total. The number of nitriles is 1. The zero-order valence-electron chi connectivity index (χ0n) is 23.3. The molecule has 0 radical (unpaired) electrons. The van der Waals surface area contributed by atoms with Crippen LogP contribution < -0.4 is 20.7 Å². The lowest BCUT2D eigenvalue weighted by Gasteiger charge is -2.37. The quantitative estimate of drug-likeness (QED) is 0.271. The van der Waals surface area contributed by atoms with E-state index >= 15 is 4.39 Å². The number of amides is 2. The Morgan fingerprint density at radius 1 is 1.21 bits per heavy atom. The number of anilines is 2. The lowest BCUT2D eigenvalue weighted by Crippen LogP contribution is -2.49. The van der Waals surface area contributed by atoms with Gasteiger partial charge >= 0.3 is 6.09 Å². The molecule has 1 fully saturated rings. The minimum atomic E-state index is -1.34. The summed E-state index contributed by atoms with van der Waals surface area (Å²) in [6, 6.07) is 16.1. The number of hydrogen-bond donors (Lipinski definition) is 3. The minimum Gasteiger partial charge on any atom is -0.495 e. The Labute approximate surface area is 256 Å². The van der Waals surface area contributed by atoms with Crippen molar-refractivity contribution in [3.8, 4) is 11.8 Å². The fourth-order valence-electron chi connectivity index (χ4n) is 6.09. The molecule has 4 atom stereocenters. The predicted octanol–water partition coefficient (Wildman–Crippen LogP) is 7.08. The van der Waals surface area contributed by atoms with Crippen molar-refractivity contribution in [3.05, 3.63) is 86.6 Å². The van der Waals surface area contributed by atoms with Gasteiger partial charge in [-0.15, -0.1) is 0 Å². The van der Waals surface area contributed by atoms with Crippen molar-refractivity contribution in [3.63, 3.8) is 0 Å². The van der Waals surface area contributed by atoms with Crippen molar-refractivity contribution in [2.45, 2.75) is 50.8 Å². The highest BCUT2D eigenvalue weighted by molar-refractivity contribution is 9.10. The van der Waals surface area contributed by atoms with Gasteiger partial charge in [-0.05, 0) is 53.3 Å². The van der Waals surface area contributed by atoms with Gasteiger partial charge in [-0.1, -0.05) is 66.5 Å². The highest BCUT2D eigenvalue weighted by Crippen LogP contribution is 2.57. The highest BCUT2D eigenvalue weighted by Gasteiger charge is 2.66. The zero-order chi connectivity index (χ0) is 30.4. The van der Waals surface area contributed by atoms with Gasteiger partial charge in [0.1, 0.15) is 17.0 Å². The monoisotopic (exact) mass is 654 g/mol. The summed E-state index contributed by atoms with van der Waals surface area (Å²) in [5.41, 5.74) is 0.437. The van der Waals surface area contributed by atoms with E-state index in [4.69, 9.17) is 21.1 Å². The molecule has 1 spiro atoms. The maximum atomic E-state index is 15.9. The Morgan fingerprint density at radius 2 is 1.98 bits per heavy atom. The molecule has 3 aromatic carbocycles. The third kappa shape index (κ3) is 5.21. The second-order valence-corrected chi connectivity index (χ2v) is 12.9. The van der Waals surface area contributed by atoms with Crippen LogP contribution in [0.2, 0.25) is 5.02 Å². The van der Waals surface area contributed by atoms with Crippen LogP contribution in [-0.4, -0.2) is 31.4 Å². The normalized spacial score (nSPS) is 22.8. The fourth-order valence-corrected chi connectivity index (χ4v) is 6.63. The third-order valence-corrected chi connectivity index (χ3v) is 8.48. The van der Waals surface area contributed by atoms with Crippen LogP contribution >= 0.6 is 27.5 Å². The van der Waals surface area contributed by atoms with Gasteiger partial charge in [0.05, 0.1) is 35.4 Å². The molecule has 0 aromatic heterocycles. The number of methoxy groups -OCH3 is 1. The van der Waals surface area contributed by atoms with Gasteiger partial charge in [0.25, 0.3) is 0 Å². The molecular formula is C31H29BrClFN4O4. The van der Waals surface area contributed by atoms with Crippen LogP contribution in [0, 0.1) is 22.6 Å². The number of nitrogens with zero attached hydrogens (tertiary/aromatic N) is 1. The second kappa shape index (κ2) is 11.2. The van der Waals surface area contributed by atoms with Gasteiger partial charge in [0.15, 0.2) is 6.23 Å². The Kier molecular flexibility index (Phi) is 7.96. The summed E-state index contributed by atoms with van der Waals surface area (Å²) in [5, 5.41) is 18.1. The largest absolute Gasteiger partial charge is 0.495 e. The van der Waals surface area contributed by atoms with Gasteiger partial charge < -0.3 is 14.8 Å². The van der Waals surface area contributed by atoms with Crippen LogP contribution in [0.3, 0.4) is 0 Å². The highest BCUT2D eigenvalue weighted by atomic mass is 79.9. The Bertz CT molecular complexity index is 1620. The molecule has 3 aromatic rings. The average Bonchev–Trinajstić information content (AvgIpc) is 3.38. The first-order valence-corrected chi connectivity index (χ1v) is 14.4. The van der Waals surface area contributed by atoms with E-state index in [2.05, 4.69) is 31.9 Å². The van der Waals surface area contributed by atoms with Crippen molar-refractivity contribution in [2.75, 3.05) is 17.7 Å². The van der Waals surface area contributed by atoms with Gasteiger partial charge in [0.2, 0.25) is 5.91 Å². The van der Waals surface area contributed by atoms with Crippen molar-refractivity contribution >= 4 is 50.9 Å². The van der Waals surface area contributed by atoms with Crippen LogP contribution in [0.5, 0.6) is 5.75 Å². The molecular weight excluding hydrogens is 627 g/mol. The van der Waals surface area contributed by atoms with E-state index in [1.165, 1.54) is 31.4 Å². The van der Waals surface area contributed by atoms with Gasteiger partial charge in [-0.2, -0.15) is 5.26 Å². The maximum Gasteiger partial charge on any atom is 0.413 e. The van der Waals surface area contributed by atoms with E-state index in [1.54, 1.807) is 18.2 Å². The molecule has 8 nitrogen and oxygen atoms in total. The Hall–Kier alpha value is -3.65. The Balaban J connectivity index is 1.63. The number of halogens is 3. The summed E-state index contributed by atoms with van der Waals surface area (Å²) in [4.78, 5) is 27.6. The summed E-state index contributed by atoms with van der Waals surface area (Å²) in [6.45, 7) is 6.14. The second-order valence-electron chi connectivity index (χ2n) is 11.6. The first kappa shape index (κ1) is 29.8. The van der Waals surface area contributed by atoms with Gasteiger partial charge in [-0.25, -0.2) is 9.18 Å².